The van der Waals surface area contributed by atoms with Crippen LogP contribution in [0.25, 0.3) is 0 Å². The number of hydrogen-bond acceptors (Lipinski definition) is 3. The summed E-state index contributed by atoms with van der Waals surface area (Å²) >= 11 is 11.7. The lowest BCUT2D eigenvalue weighted by Gasteiger charge is -2.32. The Morgan fingerprint density at radius 2 is 2.05 bits per heavy atom. The number of aliphatic carboxylic acids is 1. The summed E-state index contributed by atoms with van der Waals surface area (Å²) in [5.41, 5.74) is 0. The Morgan fingerprint density at radius 3 is 2.70 bits per heavy atom. The highest BCUT2D eigenvalue weighted by Gasteiger charge is 2.35. The molecule has 0 heterocycles. The van der Waals surface area contributed by atoms with E-state index < -0.39 is 5.97 Å². The van der Waals surface area contributed by atoms with E-state index in [0.717, 1.165) is 0 Å². The standard InChI is InChI=1S/C13H13Cl2NO4/c14-8-1-2-10(15)11(5-8)20-6-12(17)16-9-3-7(4-9)13(18)19/h1-2,5,7,9H,3-4,6H2,(H,16,17)(H,18,19). The quantitative estimate of drug-likeness (QED) is 0.874. The van der Waals surface area contributed by atoms with Crippen molar-refractivity contribution >= 4 is 35.1 Å². The smallest absolute Gasteiger partial charge is 0.306 e. The summed E-state index contributed by atoms with van der Waals surface area (Å²) in [6.07, 6.45) is 0.915. The van der Waals surface area contributed by atoms with E-state index in [0.29, 0.717) is 28.6 Å². The summed E-state index contributed by atoms with van der Waals surface area (Å²) < 4.78 is 5.28. The zero-order valence-electron chi connectivity index (χ0n) is 10.4. The van der Waals surface area contributed by atoms with Crippen molar-refractivity contribution in [1.82, 2.24) is 5.32 Å². The largest absolute Gasteiger partial charge is 0.482 e. The first kappa shape index (κ1) is 14.9. The molecule has 1 fully saturated rings. The molecule has 0 unspecified atom stereocenters. The van der Waals surface area contributed by atoms with E-state index >= 15 is 0 Å². The molecular formula is C13H13Cl2NO4. The summed E-state index contributed by atoms with van der Waals surface area (Å²) in [5.74, 6) is -1.15. The molecule has 0 saturated heterocycles. The number of carbonyl (C=O) groups is 2. The highest BCUT2D eigenvalue weighted by atomic mass is 35.5. The third-order valence-corrected chi connectivity index (χ3v) is 3.65. The lowest BCUT2D eigenvalue weighted by molar-refractivity contribution is -0.146. The van der Waals surface area contributed by atoms with Gasteiger partial charge in [-0.05, 0) is 25.0 Å². The van der Waals surface area contributed by atoms with Gasteiger partial charge in [0, 0.05) is 17.1 Å². The fraction of sp³-hybridized carbons (Fsp3) is 0.385. The maximum absolute atomic E-state index is 11.6. The second-order valence-corrected chi connectivity index (χ2v) is 5.48. The fourth-order valence-electron chi connectivity index (χ4n) is 1.94. The maximum Gasteiger partial charge on any atom is 0.306 e. The lowest BCUT2D eigenvalue weighted by atomic mass is 9.80. The number of carboxylic acids is 1. The van der Waals surface area contributed by atoms with Gasteiger partial charge in [-0.25, -0.2) is 0 Å². The van der Waals surface area contributed by atoms with Crippen molar-refractivity contribution in [3.8, 4) is 5.75 Å². The average molecular weight is 318 g/mol. The van der Waals surface area contributed by atoms with Crippen molar-refractivity contribution in [2.45, 2.75) is 18.9 Å². The molecule has 0 aromatic heterocycles. The Hall–Kier alpha value is -1.46. The zero-order valence-corrected chi connectivity index (χ0v) is 11.9. The SMILES string of the molecule is O=C(COc1cc(Cl)ccc1Cl)NC1CC(C(=O)O)C1. The van der Waals surface area contributed by atoms with E-state index in [9.17, 15) is 9.59 Å². The van der Waals surface area contributed by atoms with Gasteiger partial charge in [0.05, 0.1) is 10.9 Å². The number of halogens is 2. The van der Waals surface area contributed by atoms with Crippen LogP contribution in [0.15, 0.2) is 18.2 Å². The second-order valence-electron chi connectivity index (χ2n) is 4.63. The highest BCUT2D eigenvalue weighted by molar-refractivity contribution is 6.34. The third-order valence-electron chi connectivity index (χ3n) is 3.10. The van der Waals surface area contributed by atoms with Crippen LogP contribution in [0.4, 0.5) is 0 Å². The third kappa shape index (κ3) is 3.77. The first-order valence-electron chi connectivity index (χ1n) is 6.05. The van der Waals surface area contributed by atoms with E-state index in [2.05, 4.69) is 5.32 Å². The molecule has 0 bridgehead atoms. The average Bonchev–Trinajstić information content (AvgIpc) is 2.34. The first-order valence-corrected chi connectivity index (χ1v) is 6.81. The van der Waals surface area contributed by atoms with Crippen LogP contribution < -0.4 is 10.1 Å². The van der Waals surface area contributed by atoms with Crippen LogP contribution in [0.2, 0.25) is 10.0 Å². The van der Waals surface area contributed by atoms with Gasteiger partial charge >= 0.3 is 5.97 Å². The predicted molar refractivity (Wildman–Crippen MR) is 74.2 cm³/mol. The monoisotopic (exact) mass is 317 g/mol. The molecule has 108 valence electrons. The van der Waals surface area contributed by atoms with E-state index in [4.69, 9.17) is 33.0 Å². The van der Waals surface area contributed by atoms with Crippen LogP contribution in [0, 0.1) is 5.92 Å². The summed E-state index contributed by atoms with van der Waals surface area (Å²) in [4.78, 5) is 22.3. The van der Waals surface area contributed by atoms with Gasteiger partial charge in [-0.2, -0.15) is 0 Å². The van der Waals surface area contributed by atoms with Crippen LogP contribution in [0.3, 0.4) is 0 Å². The van der Waals surface area contributed by atoms with Gasteiger partial charge in [-0.1, -0.05) is 23.2 Å². The molecule has 1 aliphatic carbocycles. The summed E-state index contributed by atoms with van der Waals surface area (Å²) in [6.45, 7) is -0.186. The predicted octanol–water partition coefficient (Wildman–Crippen LogP) is 2.35. The number of carbonyl (C=O) groups excluding carboxylic acids is 1. The minimum absolute atomic E-state index is 0.0953. The Labute approximate surface area is 125 Å². The molecule has 20 heavy (non-hydrogen) atoms. The highest BCUT2D eigenvalue weighted by Crippen LogP contribution is 2.28. The van der Waals surface area contributed by atoms with Crippen molar-refractivity contribution in [1.29, 1.82) is 0 Å². The molecule has 1 aliphatic rings. The molecule has 1 aromatic carbocycles. The van der Waals surface area contributed by atoms with Crippen molar-refractivity contribution in [2.75, 3.05) is 6.61 Å². The normalized spacial score (nSPS) is 20.9. The molecule has 2 rings (SSSR count). The second kappa shape index (κ2) is 6.33. The van der Waals surface area contributed by atoms with Gasteiger partial charge < -0.3 is 15.2 Å². The zero-order chi connectivity index (χ0) is 14.7. The fourth-order valence-corrected chi connectivity index (χ4v) is 2.27. The van der Waals surface area contributed by atoms with Crippen LogP contribution in [-0.4, -0.2) is 29.6 Å². The van der Waals surface area contributed by atoms with Crippen LogP contribution in [0.1, 0.15) is 12.8 Å². The first-order chi connectivity index (χ1) is 9.45. The van der Waals surface area contributed by atoms with Gasteiger partial charge in [0.25, 0.3) is 5.91 Å². The molecule has 1 saturated carbocycles. The molecule has 1 amide bonds. The van der Waals surface area contributed by atoms with Gasteiger partial charge in [-0.15, -0.1) is 0 Å². The molecule has 2 N–H and O–H groups in total. The Morgan fingerprint density at radius 1 is 1.35 bits per heavy atom. The number of amides is 1. The van der Waals surface area contributed by atoms with Crippen LogP contribution in [-0.2, 0) is 9.59 Å². The van der Waals surface area contributed by atoms with E-state index in [1.807, 2.05) is 0 Å². The molecule has 0 atom stereocenters. The van der Waals surface area contributed by atoms with Crippen molar-refractivity contribution in [2.24, 2.45) is 5.92 Å². The van der Waals surface area contributed by atoms with Crippen molar-refractivity contribution < 1.29 is 19.4 Å². The minimum atomic E-state index is -0.822. The van der Waals surface area contributed by atoms with Gasteiger partial charge in [0.15, 0.2) is 6.61 Å². The topological polar surface area (TPSA) is 75.6 Å². The Bertz CT molecular complexity index is 529. The van der Waals surface area contributed by atoms with E-state index in [-0.39, 0.29) is 24.5 Å². The number of hydrogen-bond donors (Lipinski definition) is 2. The molecule has 0 spiro atoms. The molecule has 7 heteroatoms. The lowest BCUT2D eigenvalue weighted by Crippen LogP contribution is -2.48. The van der Waals surface area contributed by atoms with Gasteiger partial charge in [-0.3, -0.25) is 9.59 Å². The van der Waals surface area contributed by atoms with Gasteiger partial charge in [0.1, 0.15) is 5.75 Å². The number of nitrogens with one attached hydrogen (secondary N) is 1. The molecule has 0 aliphatic heterocycles. The number of benzene rings is 1. The molecule has 0 radical (unpaired) electrons. The summed E-state index contributed by atoms with van der Waals surface area (Å²) in [6, 6.07) is 4.64. The van der Waals surface area contributed by atoms with E-state index in [1.54, 1.807) is 12.1 Å². The maximum atomic E-state index is 11.6. The minimum Gasteiger partial charge on any atom is -0.482 e. The number of carboxylic acid groups (broad SMARTS) is 1. The van der Waals surface area contributed by atoms with Crippen molar-refractivity contribution in [3.63, 3.8) is 0 Å². The number of rotatable bonds is 5. The number of ether oxygens (including phenoxy) is 1. The Balaban J connectivity index is 1.76. The summed E-state index contributed by atoms with van der Waals surface area (Å²) in [7, 11) is 0. The molecule has 5 nitrogen and oxygen atoms in total. The van der Waals surface area contributed by atoms with Crippen molar-refractivity contribution in [3.05, 3.63) is 28.2 Å². The molecule has 1 aromatic rings. The summed E-state index contributed by atoms with van der Waals surface area (Å²) in [5, 5.41) is 12.3. The van der Waals surface area contributed by atoms with Crippen LogP contribution >= 0.6 is 23.2 Å². The van der Waals surface area contributed by atoms with E-state index in [1.165, 1.54) is 6.07 Å². The van der Waals surface area contributed by atoms with Gasteiger partial charge in [0.2, 0.25) is 0 Å². The molecular weight excluding hydrogens is 305 g/mol. The Kier molecular flexibility index (Phi) is 4.73. The van der Waals surface area contributed by atoms with Crippen LogP contribution in [0.5, 0.6) is 5.75 Å².